The highest BCUT2D eigenvalue weighted by atomic mass is 31.2. The molecule has 17 nitrogen and oxygen atoms in total. The van der Waals surface area contributed by atoms with Gasteiger partial charge in [-0.3, -0.25) is 37.3 Å². The summed E-state index contributed by atoms with van der Waals surface area (Å²) in [4.78, 5) is 73.1. The van der Waals surface area contributed by atoms with Crippen LogP contribution in [0.1, 0.15) is 427 Å². The number of phosphoric ester groups is 2. The molecular weight excluding hydrogens is 1320 g/mol. The van der Waals surface area contributed by atoms with E-state index in [4.69, 9.17) is 37.0 Å². The van der Waals surface area contributed by atoms with Crippen molar-refractivity contribution in [2.75, 3.05) is 39.6 Å². The molecule has 0 radical (unpaired) electrons. The van der Waals surface area contributed by atoms with Gasteiger partial charge in [-0.1, -0.05) is 376 Å². The Morgan fingerprint density at radius 3 is 0.752 bits per heavy atom. The van der Waals surface area contributed by atoms with Crippen LogP contribution in [0.3, 0.4) is 0 Å². The Bertz CT molecular complexity index is 1960. The van der Waals surface area contributed by atoms with E-state index in [1.807, 2.05) is 0 Å². The number of unbranched alkanes of at least 4 members (excludes halogenated alkanes) is 46. The Labute approximate surface area is 619 Å². The van der Waals surface area contributed by atoms with E-state index < -0.39 is 97.5 Å². The summed E-state index contributed by atoms with van der Waals surface area (Å²) < 4.78 is 68.8. The van der Waals surface area contributed by atoms with Crippen molar-refractivity contribution in [3.63, 3.8) is 0 Å². The third-order valence-electron chi connectivity index (χ3n) is 19.9. The Balaban J connectivity index is 5.26. The fraction of sp³-hybridized carbons (Fsp3) is 0.951. The zero-order valence-electron chi connectivity index (χ0n) is 66.4. The van der Waals surface area contributed by atoms with Gasteiger partial charge < -0.3 is 33.8 Å². The fourth-order valence-corrected chi connectivity index (χ4v) is 14.2. The van der Waals surface area contributed by atoms with Crippen molar-refractivity contribution in [2.24, 2.45) is 17.8 Å². The lowest BCUT2D eigenvalue weighted by molar-refractivity contribution is -0.161. The number of carbonyl (C=O) groups is 4. The molecule has 0 aromatic carbocycles. The van der Waals surface area contributed by atoms with Crippen molar-refractivity contribution < 1.29 is 80.2 Å². The Kier molecular flexibility index (Phi) is 70.9. The highest BCUT2D eigenvalue weighted by molar-refractivity contribution is 7.47. The summed E-state index contributed by atoms with van der Waals surface area (Å²) in [6.45, 7) is 12.1. The van der Waals surface area contributed by atoms with E-state index in [1.54, 1.807) is 0 Å². The van der Waals surface area contributed by atoms with Gasteiger partial charge in [0, 0.05) is 25.7 Å². The molecule has 0 saturated carbocycles. The van der Waals surface area contributed by atoms with Gasteiger partial charge in [-0.2, -0.15) is 0 Å². The van der Waals surface area contributed by atoms with Gasteiger partial charge in [-0.05, 0) is 43.4 Å². The maximum absolute atomic E-state index is 13.1. The van der Waals surface area contributed by atoms with Crippen LogP contribution in [-0.2, 0) is 65.4 Å². The molecule has 0 amide bonds. The average Bonchev–Trinajstić information content (AvgIpc) is 1.66. The second-order valence-corrected chi connectivity index (χ2v) is 33.4. The molecule has 600 valence electrons. The smallest absolute Gasteiger partial charge is 0.462 e. The first-order valence-electron chi connectivity index (χ1n) is 42.4. The maximum atomic E-state index is 13.1. The molecule has 4 unspecified atom stereocenters. The van der Waals surface area contributed by atoms with Crippen LogP contribution in [0.5, 0.6) is 0 Å². The van der Waals surface area contributed by atoms with Crippen LogP contribution in [0.4, 0.5) is 0 Å². The first-order valence-corrected chi connectivity index (χ1v) is 45.4. The number of carbonyl (C=O) groups excluding carboxylic acids is 4. The summed E-state index contributed by atoms with van der Waals surface area (Å²) in [6.07, 6.45) is 60.8. The molecule has 0 aliphatic heterocycles. The van der Waals surface area contributed by atoms with Gasteiger partial charge >= 0.3 is 39.5 Å². The third-order valence-corrected chi connectivity index (χ3v) is 21.8. The van der Waals surface area contributed by atoms with Crippen molar-refractivity contribution in [3.05, 3.63) is 0 Å². The molecule has 0 fully saturated rings. The summed E-state index contributed by atoms with van der Waals surface area (Å²) in [6, 6.07) is 0. The summed E-state index contributed by atoms with van der Waals surface area (Å²) in [5.74, 6) is 0.353. The van der Waals surface area contributed by atoms with Crippen molar-refractivity contribution in [1.29, 1.82) is 0 Å². The lowest BCUT2D eigenvalue weighted by Crippen LogP contribution is -2.30. The first kappa shape index (κ1) is 99.1. The summed E-state index contributed by atoms with van der Waals surface area (Å²) in [5.41, 5.74) is 0. The molecule has 0 bridgehead atoms. The molecule has 0 aromatic heterocycles. The highest BCUT2D eigenvalue weighted by Gasteiger charge is 2.30. The number of phosphoric acid groups is 2. The average molecular weight is 1480 g/mol. The second kappa shape index (κ2) is 72.3. The minimum absolute atomic E-state index is 0.107. The van der Waals surface area contributed by atoms with Crippen LogP contribution in [-0.4, -0.2) is 96.7 Å². The van der Waals surface area contributed by atoms with Crippen LogP contribution in [0, 0.1) is 17.8 Å². The zero-order valence-corrected chi connectivity index (χ0v) is 68.2. The number of rotatable bonds is 80. The van der Waals surface area contributed by atoms with Crippen LogP contribution in [0.15, 0.2) is 0 Å². The van der Waals surface area contributed by atoms with Crippen LogP contribution < -0.4 is 0 Å². The van der Waals surface area contributed by atoms with Gasteiger partial charge in [0.15, 0.2) is 12.2 Å². The van der Waals surface area contributed by atoms with E-state index in [1.165, 1.54) is 238 Å². The van der Waals surface area contributed by atoms with E-state index in [0.717, 1.165) is 108 Å². The van der Waals surface area contributed by atoms with E-state index in [0.29, 0.717) is 25.7 Å². The lowest BCUT2D eigenvalue weighted by Gasteiger charge is -2.21. The van der Waals surface area contributed by atoms with Crippen molar-refractivity contribution in [3.8, 4) is 0 Å². The van der Waals surface area contributed by atoms with Gasteiger partial charge in [0.1, 0.15) is 19.3 Å². The Morgan fingerprint density at radius 1 is 0.287 bits per heavy atom. The summed E-state index contributed by atoms with van der Waals surface area (Å²) in [5, 5.41) is 10.7. The maximum Gasteiger partial charge on any atom is 0.472 e. The van der Waals surface area contributed by atoms with Crippen molar-refractivity contribution >= 4 is 39.5 Å². The van der Waals surface area contributed by atoms with Gasteiger partial charge in [-0.25, -0.2) is 9.13 Å². The van der Waals surface area contributed by atoms with Gasteiger partial charge in [0.25, 0.3) is 0 Å². The summed E-state index contributed by atoms with van der Waals surface area (Å²) in [7, 11) is -9.92. The molecule has 3 N–H and O–H groups in total. The lowest BCUT2D eigenvalue weighted by atomic mass is 9.99. The molecular formula is C82H160O17P2. The molecule has 0 heterocycles. The summed E-state index contributed by atoms with van der Waals surface area (Å²) >= 11 is 0. The van der Waals surface area contributed by atoms with E-state index in [9.17, 15) is 43.2 Å². The zero-order chi connectivity index (χ0) is 74.4. The van der Waals surface area contributed by atoms with Crippen LogP contribution in [0.2, 0.25) is 0 Å². The van der Waals surface area contributed by atoms with E-state index in [2.05, 4.69) is 48.5 Å². The molecule has 19 heteroatoms. The standard InChI is InChI=1S/C82H160O17P2/c1-8-11-12-13-14-15-25-35-42-49-56-63-79(84)92-69-77(99-82(87)66-59-52-45-38-31-24-26-32-39-46-53-60-73(4)5)71-96-100(88,89)94-67-76(83)68-95-101(90,91)97-72-78(98-81(86)65-58-51-44-37-30-23-19-17-21-28-34-41-48-55-62-75(7)10-3)70-93-80(85)64-57-50-43-36-29-22-18-16-20-27-33-40-47-54-61-74(6)9-2/h73-78,83H,8-72H2,1-7H3,(H,88,89)(H,90,91)/t74?,75?,76-,77+,78+/m0/s1. The highest BCUT2D eigenvalue weighted by Crippen LogP contribution is 2.45. The number of hydrogen-bond donors (Lipinski definition) is 3. The number of esters is 4. The molecule has 101 heavy (non-hydrogen) atoms. The number of aliphatic hydroxyl groups excluding tert-OH is 1. The second-order valence-electron chi connectivity index (χ2n) is 30.5. The quantitative estimate of drug-likeness (QED) is 0.0222. The topological polar surface area (TPSA) is 237 Å². The molecule has 0 rings (SSSR count). The monoisotopic (exact) mass is 1480 g/mol. The van der Waals surface area contributed by atoms with Gasteiger partial charge in [0.05, 0.1) is 26.4 Å². The number of aliphatic hydroxyl groups is 1. The molecule has 7 atom stereocenters. The van der Waals surface area contributed by atoms with E-state index in [-0.39, 0.29) is 25.7 Å². The van der Waals surface area contributed by atoms with E-state index >= 15 is 0 Å². The molecule has 0 aliphatic rings. The predicted molar refractivity (Wildman–Crippen MR) is 414 cm³/mol. The van der Waals surface area contributed by atoms with Crippen LogP contribution in [0.25, 0.3) is 0 Å². The number of hydrogen-bond acceptors (Lipinski definition) is 15. The normalized spacial score (nSPS) is 14.5. The molecule has 0 aromatic rings. The van der Waals surface area contributed by atoms with Crippen molar-refractivity contribution in [2.45, 2.75) is 446 Å². The third kappa shape index (κ3) is 73.4. The Morgan fingerprint density at radius 2 is 0.505 bits per heavy atom. The van der Waals surface area contributed by atoms with Gasteiger partial charge in [0.2, 0.25) is 0 Å². The Hall–Kier alpha value is -1.94. The molecule has 0 aliphatic carbocycles. The minimum atomic E-state index is -4.96. The number of ether oxygens (including phenoxy) is 4. The van der Waals surface area contributed by atoms with Crippen molar-refractivity contribution in [1.82, 2.24) is 0 Å². The first-order chi connectivity index (χ1) is 48.8. The predicted octanol–water partition coefficient (Wildman–Crippen LogP) is 24.5. The SMILES string of the molecule is CCCCCCCCCCCCCC(=O)OC[C@H](COP(=O)(O)OC[C@H](O)COP(=O)(O)OC[C@@H](COC(=O)CCCCCCCCCCCCCCCCC(C)CC)OC(=O)CCCCCCCCCCCCCCCCC(C)CC)OC(=O)CCCCCCCCCCCCCC(C)C. The largest absolute Gasteiger partial charge is 0.472 e. The molecule has 0 saturated heterocycles. The fourth-order valence-electron chi connectivity index (χ4n) is 12.6. The minimum Gasteiger partial charge on any atom is -0.462 e. The van der Waals surface area contributed by atoms with Gasteiger partial charge in [-0.15, -0.1) is 0 Å². The molecule has 0 spiro atoms. The van der Waals surface area contributed by atoms with Crippen LogP contribution >= 0.6 is 15.6 Å².